The van der Waals surface area contributed by atoms with Crippen molar-refractivity contribution in [1.29, 1.82) is 0 Å². The van der Waals surface area contributed by atoms with Crippen LogP contribution in [0.25, 0.3) is 0 Å². The third kappa shape index (κ3) is 3.26. The molecule has 98 valence electrons. The SMILES string of the molecule is O=C(c1cccnc1)c1ccc(Cl)c(OC(F)F)c1. The molecular weight excluding hydrogens is 276 g/mol. The molecule has 0 N–H and O–H groups in total. The quantitative estimate of drug-likeness (QED) is 0.805. The van der Waals surface area contributed by atoms with Crippen molar-refractivity contribution in [3.8, 4) is 5.75 Å². The summed E-state index contributed by atoms with van der Waals surface area (Å²) in [7, 11) is 0. The van der Waals surface area contributed by atoms with Gasteiger partial charge in [-0.15, -0.1) is 0 Å². The van der Waals surface area contributed by atoms with Gasteiger partial charge in [0, 0.05) is 23.5 Å². The predicted octanol–water partition coefficient (Wildman–Crippen LogP) is 3.57. The molecule has 0 saturated carbocycles. The highest BCUT2D eigenvalue weighted by molar-refractivity contribution is 6.32. The van der Waals surface area contributed by atoms with Gasteiger partial charge in [-0.05, 0) is 30.3 Å². The van der Waals surface area contributed by atoms with Gasteiger partial charge in [0.2, 0.25) is 0 Å². The maximum absolute atomic E-state index is 12.2. The zero-order valence-electron chi connectivity index (χ0n) is 9.52. The molecule has 2 rings (SSSR count). The highest BCUT2D eigenvalue weighted by Crippen LogP contribution is 2.27. The van der Waals surface area contributed by atoms with E-state index in [2.05, 4.69) is 9.72 Å². The van der Waals surface area contributed by atoms with Crippen LogP contribution < -0.4 is 4.74 Å². The molecule has 0 fully saturated rings. The minimum absolute atomic E-state index is 0.0167. The zero-order valence-corrected chi connectivity index (χ0v) is 10.3. The Kier molecular flexibility index (Phi) is 4.06. The Labute approximate surface area is 112 Å². The van der Waals surface area contributed by atoms with Crippen molar-refractivity contribution >= 4 is 17.4 Å². The molecule has 1 aromatic heterocycles. The third-order valence-corrected chi connectivity index (χ3v) is 2.65. The highest BCUT2D eigenvalue weighted by Gasteiger charge is 2.14. The summed E-state index contributed by atoms with van der Waals surface area (Å²) in [5.41, 5.74) is 0.556. The van der Waals surface area contributed by atoms with E-state index in [0.29, 0.717) is 5.56 Å². The monoisotopic (exact) mass is 283 g/mol. The molecule has 0 aliphatic heterocycles. The molecule has 0 radical (unpaired) electrons. The Bertz CT molecular complexity index is 590. The molecule has 3 nitrogen and oxygen atoms in total. The van der Waals surface area contributed by atoms with Crippen LogP contribution in [0.2, 0.25) is 5.02 Å². The second-order valence-electron chi connectivity index (χ2n) is 3.59. The molecule has 19 heavy (non-hydrogen) atoms. The van der Waals surface area contributed by atoms with Crippen molar-refractivity contribution in [1.82, 2.24) is 4.98 Å². The molecule has 0 aliphatic rings. The first-order valence-electron chi connectivity index (χ1n) is 5.27. The number of pyridine rings is 1. The van der Waals surface area contributed by atoms with Crippen molar-refractivity contribution in [2.75, 3.05) is 0 Å². The normalized spacial score (nSPS) is 10.5. The first-order valence-corrected chi connectivity index (χ1v) is 5.65. The van der Waals surface area contributed by atoms with Crippen LogP contribution in [0, 0.1) is 0 Å². The molecule has 1 aromatic carbocycles. The fourth-order valence-electron chi connectivity index (χ4n) is 1.49. The van der Waals surface area contributed by atoms with Gasteiger partial charge in [-0.25, -0.2) is 0 Å². The Balaban J connectivity index is 2.33. The van der Waals surface area contributed by atoms with Gasteiger partial charge in [0.05, 0.1) is 5.02 Å². The number of rotatable bonds is 4. The summed E-state index contributed by atoms with van der Waals surface area (Å²) in [5, 5.41) is 0.0167. The first kappa shape index (κ1) is 13.4. The number of alkyl halides is 2. The smallest absolute Gasteiger partial charge is 0.387 e. The Morgan fingerprint density at radius 1 is 1.26 bits per heavy atom. The standard InChI is InChI=1S/C13H8ClF2NO2/c14-10-4-3-8(6-11(10)19-13(15)16)12(18)9-2-1-5-17-7-9/h1-7,13H. The lowest BCUT2D eigenvalue weighted by atomic mass is 10.1. The number of carbonyl (C=O) groups excluding carboxylic acids is 1. The Hall–Kier alpha value is -2.01. The maximum Gasteiger partial charge on any atom is 0.387 e. The van der Waals surface area contributed by atoms with Crippen LogP contribution in [-0.2, 0) is 0 Å². The summed E-state index contributed by atoms with van der Waals surface area (Å²) in [6, 6.07) is 7.15. The predicted molar refractivity (Wildman–Crippen MR) is 65.8 cm³/mol. The van der Waals surface area contributed by atoms with Crippen molar-refractivity contribution < 1.29 is 18.3 Å². The van der Waals surface area contributed by atoms with E-state index in [0.717, 1.165) is 0 Å². The van der Waals surface area contributed by atoms with Crippen molar-refractivity contribution in [2.24, 2.45) is 0 Å². The van der Waals surface area contributed by atoms with Crippen molar-refractivity contribution in [2.45, 2.75) is 6.61 Å². The fourth-order valence-corrected chi connectivity index (χ4v) is 1.66. The second kappa shape index (κ2) is 5.75. The van der Waals surface area contributed by atoms with Gasteiger partial charge < -0.3 is 4.74 Å². The lowest BCUT2D eigenvalue weighted by Crippen LogP contribution is -2.05. The van der Waals surface area contributed by atoms with Gasteiger partial charge in [0.1, 0.15) is 5.75 Å². The summed E-state index contributed by atoms with van der Waals surface area (Å²) >= 11 is 5.71. The van der Waals surface area contributed by atoms with E-state index in [9.17, 15) is 13.6 Å². The number of aromatic nitrogens is 1. The Morgan fingerprint density at radius 3 is 2.68 bits per heavy atom. The summed E-state index contributed by atoms with van der Waals surface area (Å²) in [5.74, 6) is -0.574. The summed E-state index contributed by atoms with van der Waals surface area (Å²) in [4.78, 5) is 15.9. The van der Waals surface area contributed by atoms with Gasteiger partial charge in [-0.3, -0.25) is 9.78 Å². The lowest BCUT2D eigenvalue weighted by Gasteiger charge is -2.08. The molecule has 0 unspecified atom stereocenters. The van der Waals surface area contributed by atoms with Gasteiger partial charge in [-0.2, -0.15) is 8.78 Å². The molecule has 0 aliphatic carbocycles. The van der Waals surface area contributed by atoms with E-state index in [1.54, 1.807) is 12.1 Å². The number of hydrogen-bond acceptors (Lipinski definition) is 3. The fraction of sp³-hybridized carbons (Fsp3) is 0.0769. The van der Waals surface area contributed by atoms with Gasteiger partial charge in [0.25, 0.3) is 0 Å². The topological polar surface area (TPSA) is 39.2 Å². The largest absolute Gasteiger partial charge is 0.433 e. The van der Waals surface area contributed by atoms with Crippen LogP contribution in [0.1, 0.15) is 15.9 Å². The zero-order chi connectivity index (χ0) is 13.8. The van der Waals surface area contributed by atoms with Crippen LogP contribution in [0.3, 0.4) is 0 Å². The van der Waals surface area contributed by atoms with E-state index in [1.807, 2.05) is 0 Å². The van der Waals surface area contributed by atoms with Crippen LogP contribution >= 0.6 is 11.6 Å². The van der Waals surface area contributed by atoms with E-state index in [1.165, 1.54) is 30.6 Å². The van der Waals surface area contributed by atoms with Crippen LogP contribution in [0.15, 0.2) is 42.7 Å². The number of nitrogens with zero attached hydrogens (tertiary/aromatic N) is 1. The average molecular weight is 284 g/mol. The minimum Gasteiger partial charge on any atom is -0.433 e. The molecule has 0 bridgehead atoms. The molecule has 0 saturated heterocycles. The van der Waals surface area contributed by atoms with Gasteiger partial charge in [-0.1, -0.05) is 11.6 Å². The Morgan fingerprint density at radius 2 is 2.05 bits per heavy atom. The maximum atomic E-state index is 12.2. The number of hydrogen-bond donors (Lipinski definition) is 0. The van der Waals surface area contributed by atoms with E-state index in [-0.39, 0.29) is 22.1 Å². The van der Waals surface area contributed by atoms with E-state index >= 15 is 0 Å². The van der Waals surface area contributed by atoms with Gasteiger partial charge >= 0.3 is 6.61 Å². The molecule has 0 spiro atoms. The molecule has 6 heteroatoms. The first-order chi connectivity index (χ1) is 9.08. The van der Waals surface area contributed by atoms with Crippen molar-refractivity contribution in [3.63, 3.8) is 0 Å². The van der Waals surface area contributed by atoms with E-state index < -0.39 is 6.61 Å². The average Bonchev–Trinajstić information content (AvgIpc) is 2.41. The molecule has 2 aromatic rings. The highest BCUT2D eigenvalue weighted by atomic mass is 35.5. The number of carbonyl (C=O) groups is 1. The van der Waals surface area contributed by atoms with Crippen LogP contribution in [0.5, 0.6) is 5.75 Å². The molecule has 0 amide bonds. The number of halogens is 3. The van der Waals surface area contributed by atoms with Crippen LogP contribution in [-0.4, -0.2) is 17.4 Å². The minimum atomic E-state index is -3.00. The summed E-state index contributed by atoms with van der Waals surface area (Å²) in [6.45, 7) is -3.00. The third-order valence-electron chi connectivity index (χ3n) is 2.33. The van der Waals surface area contributed by atoms with E-state index in [4.69, 9.17) is 11.6 Å². The number of benzene rings is 1. The van der Waals surface area contributed by atoms with Gasteiger partial charge in [0.15, 0.2) is 5.78 Å². The molecule has 0 atom stereocenters. The lowest BCUT2D eigenvalue weighted by molar-refractivity contribution is -0.0498. The second-order valence-corrected chi connectivity index (χ2v) is 4.00. The summed E-state index contributed by atoms with van der Waals surface area (Å²) in [6.07, 6.45) is 2.93. The molecular formula is C13H8ClF2NO2. The molecule has 1 heterocycles. The number of ether oxygens (including phenoxy) is 1. The van der Waals surface area contributed by atoms with Crippen LogP contribution in [0.4, 0.5) is 8.78 Å². The number of ketones is 1. The summed E-state index contributed by atoms with van der Waals surface area (Å²) < 4.78 is 28.6. The van der Waals surface area contributed by atoms with Crippen molar-refractivity contribution in [3.05, 3.63) is 58.9 Å².